The minimum atomic E-state index is -4.98. The smallest absolute Gasteiger partial charge is 0.731 e. The SMILES string of the molecule is O=C(NS(=O)(=O)[O-])OCC1OC(O)C(O)C1O.[Na+]. The Morgan fingerprint density at radius 1 is 1.33 bits per heavy atom. The molecule has 1 rings (SSSR count). The summed E-state index contributed by atoms with van der Waals surface area (Å²) in [6.07, 6.45) is -7.46. The Balaban J connectivity index is 0.00000289. The molecule has 0 aromatic rings. The standard InChI is InChI=1S/C6H11NO9S.Na/c8-3-2(16-5(10)4(3)9)1-15-6(11)7-17(12,13)14;/h2-5,8-10H,1H2,(H,7,11)(H,12,13,14);/q;+1/p-1. The molecule has 0 radical (unpaired) electrons. The molecule has 4 unspecified atom stereocenters. The van der Waals surface area contributed by atoms with Crippen LogP contribution in [-0.4, -0.2) is 65.6 Å². The van der Waals surface area contributed by atoms with E-state index in [9.17, 15) is 22.9 Å². The van der Waals surface area contributed by atoms with E-state index in [0.717, 1.165) is 4.72 Å². The van der Waals surface area contributed by atoms with Crippen molar-refractivity contribution >= 4 is 16.4 Å². The molecule has 1 saturated heterocycles. The second kappa shape index (κ2) is 6.98. The van der Waals surface area contributed by atoms with Crippen LogP contribution in [0.1, 0.15) is 0 Å². The van der Waals surface area contributed by atoms with Gasteiger partial charge in [0.05, 0.1) is 0 Å². The minimum Gasteiger partial charge on any atom is -0.731 e. The molecule has 1 aliphatic rings. The van der Waals surface area contributed by atoms with Gasteiger partial charge in [-0.3, -0.25) is 0 Å². The van der Waals surface area contributed by atoms with Crippen molar-refractivity contribution in [3.05, 3.63) is 0 Å². The number of hydrogen-bond acceptors (Lipinski definition) is 9. The molecule has 0 saturated carbocycles. The third kappa shape index (κ3) is 5.34. The summed E-state index contributed by atoms with van der Waals surface area (Å²) in [5.41, 5.74) is 0. The average Bonchev–Trinajstić information content (AvgIpc) is 2.40. The fourth-order valence-electron chi connectivity index (χ4n) is 1.16. The molecule has 1 amide bonds. The Labute approximate surface area is 124 Å². The molecule has 12 heteroatoms. The maximum Gasteiger partial charge on any atom is 1.00 e. The van der Waals surface area contributed by atoms with Gasteiger partial charge in [0.1, 0.15) is 24.9 Å². The van der Waals surface area contributed by atoms with E-state index in [-0.39, 0.29) is 29.6 Å². The van der Waals surface area contributed by atoms with Crippen LogP contribution in [0.15, 0.2) is 0 Å². The van der Waals surface area contributed by atoms with Crippen LogP contribution in [-0.2, 0) is 19.8 Å². The van der Waals surface area contributed by atoms with Gasteiger partial charge >= 0.3 is 35.7 Å². The normalized spacial score (nSPS) is 31.6. The number of ether oxygens (including phenoxy) is 2. The third-order valence-corrected chi connectivity index (χ3v) is 2.34. The van der Waals surface area contributed by atoms with Gasteiger partial charge in [-0.1, -0.05) is 0 Å². The van der Waals surface area contributed by atoms with E-state index in [1.807, 2.05) is 0 Å². The Morgan fingerprint density at radius 2 is 1.89 bits per heavy atom. The van der Waals surface area contributed by atoms with E-state index < -0.39 is 47.6 Å². The van der Waals surface area contributed by atoms with Crippen LogP contribution in [0, 0.1) is 0 Å². The van der Waals surface area contributed by atoms with Gasteiger partial charge in [0.2, 0.25) is 0 Å². The van der Waals surface area contributed by atoms with Crippen molar-refractivity contribution in [1.29, 1.82) is 0 Å². The Bertz CT molecular complexity index is 387. The zero-order valence-corrected chi connectivity index (χ0v) is 12.0. The van der Waals surface area contributed by atoms with E-state index in [1.165, 1.54) is 0 Å². The van der Waals surface area contributed by atoms with Crippen LogP contribution >= 0.6 is 0 Å². The number of nitrogens with one attached hydrogen (secondary N) is 1. The molecule has 100 valence electrons. The first-order valence-corrected chi connectivity index (χ1v) is 5.71. The molecular weight excluding hydrogens is 285 g/mol. The van der Waals surface area contributed by atoms with Gasteiger partial charge < -0.3 is 29.3 Å². The number of aliphatic hydroxyl groups is 3. The molecule has 1 fully saturated rings. The van der Waals surface area contributed by atoms with Crippen molar-refractivity contribution in [3.8, 4) is 0 Å². The van der Waals surface area contributed by atoms with Crippen molar-refractivity contribution in [3.63, 3.8) is 0 Å². The van der Waals surface area contributed by atoms with Crippen molar-refractivity contribution < 1.29 is 72.1 Å². The first-order valence-electron chi connectivity index (χ1n) is 4.31. The third-order valence-electron chi connectivity index (χ3n) is 1.92. The number of amides is 1. The quantitative estimate of drug-likeness (QED) is 0.292. The summed E-state index contributed by atoms with van der Waals surface area (Å²) >= 11 is 0. The van der Waals surface area contributed by atoms with E-state index in [2.05, 4.69) is 9.47 Å². The molecule has 4 atom stereocenters. The second-order valence-corrected chi connectivity index (χ2v) is 4.31. The number of carbonyl (C=O) groups excluding carboxylic acids is 1. The summed E-state index contributed by atoms with van der Waals surface area (Å²) in [6.45, 7) is -0.642. The molecule has 0 aromatic carbocycles. The largest absolute Gasteiger partial charge is 1.00 e. The van der Waals surface area contributed by atoms with Crippen LogP contribution in [0.5, 0.6) is 0 Å². The maximum absolute atomic E-state index is 10.7. The summed E-state index contributed by atoms with van der Waals surface area (Å²) < 4.78 is 40.0. The van der Waals surface area contributed by atoms with E-state index in [0.29, 0.717) is 0 Å². The van der Waals surface area contributed by atoms with Crippen LogP contribution in [0.4, 0.5) is 4.79 Å². The zero-order chi connectivity index (χ0) is 13.2. The molecule has 4 N–H and O–H groups in total. The fourth-order valence-corrected chi connectivity index (χ4v) is 1.42. The minimum absolute atomic E-state index is 0. The first-order chi connectivity index (χ1) is 7.70. The summed E-state index contributed by atoms with van der Waals surface area (Å²) in [5, 5.41) is 27.3. The fraction of sp³-hybridized carbons (Fsp3) is 0.833. The van der Waals surface area contributed by atoms with Crippen LogP contribution in [0.2, 0.25) is 0 Å². The first kappa shape index (κ1) is 18.0. The van der Waals surface area contributed by atoms with Gasteiger partial charge in [-0.15, -0.1) is 0 Å². The number of carbonyl (C=O) groups is 1. The molecule has 0 bridgehead atoms. The van der Waals surface area contributed by atoms with Gasteiger partial charge in [-0.25, -0.2) is 17.9 Å². The average molecular weight is 295 g/mol. The van der Waals surface area contributed by atoms with Crippen LogP contribution in [0.25, 0.3) is 0 Å². The topological polar surface area (TPSA) is 165 Å². The number of hydrogen-bond donors (Lipinski definition) is 4. The Morgan fingerprint density at radius 3 is 2.28 bits per heavy atom. The molecule has 0 aromatic heterocycles. The molecule has 1 heterocycles. The van der Waals surface area contributed by atoms with Gasteiger partial charge in [0.15, 0.2) is 16.6 Å². The van der Waals surface area contributed by atoms with E-state index >= 15 is 0 Å². The summed E-state index contributed by atoms with van der Waals surface area (Å²) in [4.78, 5) is 10.7. The molecule has 10 nitrogen and oxygen atoms in total. The van der Waals surface area contributed by atoms with Gasteiger partial charge in [-0.05, 0) is 0 Å². The molecular formula is C6H10NNaO9S. The monoisotopic (exact) mass is 295 g/mol. The van der Waals surface area contributed by atoms with Crippen molar-refractivity contribution in [1.82, 2.24) is 4.72 Å². The van der Waals surface area contributed by atoms with Gasteiger partial charge in [0, 0.05) is 0 Å². The van der Waals surface area contributed by atoms with Crippen LogP contribution < -0.4 is 34.3 Å². The molecule has 0 spiro atoms. The predicted octanol–water partition coefficient (Wildman–Crippen LogP) is -6.38. The number of rotatable bonds is 3. The maximum atomic E-state index is 10.7. The van der Waals surface area contributed by atoms with Crippen molar-refractivity contribution in [2.24, 2.45) is 0 Å². The second-order valence-electron chi connectivity index (χ2n) is 3.20. The molecule has 1 aliphatic heterocycles. The summed E-state index contributed by atoms with van der Waals surface area (Å²) in [6, 6.07) is 0. The van der Waals surface area contributed by atoms with Gasteiger partial charge in [-0.2, -0.15) is 0 Å². The van der Waals surface area contributed by atoms with Crippen LogP contribution in [0.3, 0.4) is 0 Å². The van der Waals surface area contributed by atoms with E-state index in [4.69, 9.17) is 10.2 Å². The summed E-state index contributed by atoms with van der Waals surface area (Å²) in [7, 11) is -4.98. The number of aliphatic hydroxyl groups excluding tert-OH is 3. The van der Waals surface area contributed by atoms with Gasteiger partial charge in [0.25, 0.3) is 0 Å². The molecule has 0 aliphatic carbocycles. The predicted molar refractivity (Wildman–Crippen MR) is 47.1 cm³/mol. The van der Waals surface area contributed by atoms with Crippen molar-refractivity contribution in [2.45, 2.75) is 24.6 Å². The Kier molecular flexibility index (Phi) is 6.99. The van der Waals surface area contributed by atoms with E-state index in [1.54, 1.807) is 0 Å². The molecule has 18 heavy (non-hydrogen) atoms. The van der Waals surface area contributed by atoms with Crippen molar-refractivity contribution in [2.75, 3.05) is 6.61 Å². The Hall–Kier alpha value is 0.0200. The summed E-state index contributed by atoms with van der Waals surface area (Å²) in [5.74, 6) is 0. The zero-order valence-electron chi connectivity index (χ0n) is 9.22.